The van der Waals surface area contributed by atoms with Gasteiger partial charge < -0.3 is 19.5 Å². The second kappa shape index (κ2) is 10.9. The monoisotopic (exact) mass is 662 g/mol. The van der Waals surface area contributed by atoms with Crippen molar-refractivity contribution in [3.63, 3.8) is 0 Å². The molecule has 3 aromatic rings. The molecule has 7 rings (SSSR count). The van der Waals surface area contributed by atoms with Crippen LogP contribution in [0.2, 0.25) is 0 Å². The number of thiophene rings is 1. The zero-order valence-electron chi connectivity index (χ0n) is 24.3. The first kappa shape index (κ1) is 28.8. The summed E-state index contributed by atoms with van der Waals surface area (Å²) in [5.41, 5.74) is 1.64. The molecule has 2 aliphatic carbocycles. The number of likely N-dealkylation sites (tertiary alicyclic amines) is 1. The van der Waals surface area contributed by atoms with Crippen molar-refractivity contribution in [2.75, 3.05) is 20.1 Å². The molecule has 3 heterocycles. The lowest BCUT2D eigenvalue weighted by molar-refractivity contribution is -0.199. The molecule has 2 aliphatic heterocycles. The first-order valence-electron chi connectivity index (χ1n) is 14.9. The van der Waals surface area contributed by atoms with E-state index >= 15 is 0 Å². The smallest absolute Gasteiger partial charge is 0.308 e. The number of likely N-dealkylation sites (N-methyl/N-ethyl adjacent to an activating group) is 1. The minimum atomic E-state index is -1.04. The Bertz CT molecular complexity index is 1610. The van der Waals surface area contributed by atoms with Crippen molar-refractivity contribution in [2.45, 2.75) is 68.2 Å². The Kier molecular flexibility index (Phi) is 7.28. The van der Waals surface area contributed by atoms with Crippen LogP contribution in [0.3, 0.4) is 0 Å². The van der Waals surface area contributed by atoms with Crippen LogP contribution in [-0.4, -0.2) is 70.7 Å². The predicted octanol–water partition coefficient (Wildman–Crippen LogP) is 5.37. The molecular weight excluding hydrogens is 628 g/mol. The number of rotatable bonds is 7. The van der Waals surface area contributed by atoms with E-state index in [1.807, 2.05) is 42.8 Å². The van der Waals surface area contributed by atoms with Crippen LogP contribution in [0.15, 0.2) is 64.5 Å². The number of carbonyl (C=O) groups excluding carboxylic acids is 2. The van der Waals surface area contributed by atoms with E-state index in [2.05, 4.69) is 45.1 Å². The first-order chi connectivity index (χ1) is 20.7. The third-order valence-corrected chi connectivity index (χ3v) is 11.8. The molecule has 224 valence electrons. The van der Waals surface area contributed by atoms with Crippen molar-refractivity contribution in [2.24, 2.45) is 0 Å². The molecule has 2 aromatic carbocycles. The van der Waals surface area contributed by atoms with E-state index in [0.29, 0.717) is 37.2 Å². The summed E-state index contributed by atoms with van der Waals surface area (Å²) in [7, 11) is 1.83. The summed E-state index contributed by atoms with van der Waals surface area (Å²) in [4.78, 5) is 30.8. The van der Waals surface area contributed by atoms with Crippen molar-refractivity contribution in [1.82, 2.24) is 9.80 Å². The average Bonchev–Trinajstić information content (AvgIpc) is 3.57. The van der Waals surface area contributed by atoms with Gasteiger partial charge in [0.2, 0.25) is 5.91 Å². The van der Waals surface area contributed by atoms with E-state index in [1.165, 1.54) is 12.5 Å². The molecule has 0 radical (unpaired) electrons. The molecule has 43 heavy (non-hydrogen) atoms. The lowest BCUT2D eigenvalue weighted by Crippen LogP contribution is -2.78. The Morgan fingerprint density at radius 3 is 2.79 bits per heavy atom. The van der Waals surface area contributed by atoms with E-state index in [1.54, 1.807) is 22.3 Å². The number of benzene rings is 2. The van der Waals surface area contributed by atoms with Gasteiger partial charge in [-0.05, 0) is 83.9 Å². The zero-order chi connectivity index (χ0) is 29.9. The standard InChI is InChI=1S/C34H35BrN2O5S/c1-21(38)41-27-10-8-23-18-28-34(40)14-12-26(36(2)29(39)11-9-25-19-24(35)20-43-25)32-33(34,30(23)31(27)42-32)15-17-37(28)16-13-22-6-4-3-5-7-22/h3-11,19-20,26,28,32,40H,12-18H2,1-2H3/b11-9+/t26-,28-,32+,33+,34-/m1/s1. The Hall–Kier alpha value is -2.98. The predicted molar refractivity (Wildman–Crippen MR) is 169 cm³/mol. The van der Waals surface area contributed by atoms with Gasteiger partial charge in [0.05, 0.1) is 17.1 Å². The normalized spacial score (nSPS) is 28.8. The lowest BCUT2D eigenvalue weighted by Gasteiger charge is -2.64. The fraction of sp³-hybridized carbons (Fsp3) is 0.412. The summed E-state index contributed by atoms with van der Waals surface area (Å²) >= 11 is 5.04. The minimum Gasteiger partial charge on any atom is -0.483 e. The van der Waals surface area contributed by atoms with Gasteiger partial charge >= 0.3 is 5.97 Å². The van der Waals surface area contributed by atoms with Gasteiger partial charge in [0, 0.05) is 52.9 Å². The van der Waals surface area contributed by atoms with Gasteiger partial charge in [-0.15, -0.1) is 11.3 Å². The Morgan fingerprint density at radius 1 is 1.23 bits per heavy atom. The molecular formula is C34H35BrN2O5S. The van der Waals surface area contributed by atoms with E-state index < -0.39 is 23.1 Å². The van der Waals surface area contributed by atoms with E-state index in [4.69, 9.17) is 9.47 Å². The van der Waals surface area contributed by atoms with Gasteiger partial charge in [0.1, 0.15) is 6.10 Å². The van der Waals surface area contributed by atoms with Gasteiger partial charge in [0.25, 0.3) is 0 Å². The molecule has 1 amide bonds. The number of hydrogen-bond donors (Lipinski definition) is 1. The second-order valence-corrected chi connectivity index (χ2v) is 14.1. The van der Waals surface area contributed by atoms with Gasteiger partial charge in [0.15, 0.2) is 11.5 Å². The van der Waals surface area contributed by atoms with Crippen molar-refractivity contribution in [3.05, 3.63) is 86.0 Å². The fourth-order valence-corrected chi connectivity index (χ4v) is 9.60. The molecule has 1 N–H and O–H groups in total. The van der Waals surface area contributed by atoms with E-state index in [0.717, 1.165) is 40.0 Å². The molecule has 1 saturated heterocycles. The Morgan fingerprint density at radius 2 is 2.05 bits per heavy atom. The Labute approximate surface area is 264 Å². The van der Waals surface area contributed by atoms with Crippen molar-refractivity contribution in [3.8, 4) is 11.5 Å². The fourth-order valence-electron chi connectivity index (χ4n) is 8.26. The number of aliphatic hydroxyl groups is 1. The molecule has 0 unspecified atom stereocenters. The van der Waals surface area contributed by atoms with Gasteiger partial charge in [-0.1, -0.05) is 36.4 Å². The van der Waals surface area contributed by atoms with Gasteiger partial charge in [-0.2, -0.15) is 0 Å². The number of amides is 1. The highest BCUT2D eigenvalue weighted by atomic mass is 79.9. The van der Waals surface area contributed by atoms with E-state index in [-0.39, 0.29) is 18.0 Å². The molecule has 9 heteroatoms. The summed E-state index contributed by atoms with van der Waals surface area (Å²) in [6.45, 7) is 3.06. The van der Waals surface area contributed by atoms with Crippen LogP contribution in [0.25, 0.3) is 6.08 Å². The van der Waals surface area contributed by atoms with Crippen molar-refractivity contribution >= 4 is 45.2 Å². The third-order valence-electron chi connectivity index (χ3n) is 10.1. The van der Waals surface area contributed by atoms with Gasteiger partial charge in [-0.25, -0.2) is 0 Å². The number of piperidine rings is 1. The molecule has 2 bridgehead atoms. The number of carbonyl (C=O) groups is 2. The summed E-state index contributed by atoms with van der Waals surface area (Å²) < 4.78 is 13.4. The molecule has 7 nitrogen and oxygen atoms in total. The summed E-state index contributed by atoms with van der Waals surface area (Å²) in [6.07, 6.45) is 6.47. The largest absolute Gasteiger partial charge is 0.483 e. The highest BCUT2D eigenvalue weighted by Gasteiger charge is 2.73. The lowest BCUT2D eigenvalue weighted by atomic mass is 9.48. The van der Waals surface area contributed by atoms with Crippen LogP contribution in [0, 0.1) is 0 Å². The number of ether oxygens (including phenoxy) is 2. The summed E-state index contributed by atoms with van der Waals surface area (Å²) in [5.74, 6) is 0.419. The van der Waals surface area contributed by atoms with Crippen LogP contribution in [0.1, 0.15) is 47.8 Å². The topological polar surface area (TPSA) is 79.3 Å². The quantitative estimate of drug-likeness (QED) is 0.208. The number of halogens is 1. The van der Waals surface area contributed by atoms with Crippen molar-refractivity contribution < 1.29 is 24.2 Å². The third kappa shape index (κ3) is 4.58. The van der Waals surface area contributed by atoms with Crippen LogP contribution < -0.4 is 9.47 Å². The number of esters is 1. The maximum absolute atomic E-state index is 13.5. The second-order valence-electron chi connectivity index (χ2n) is 12.3. The van der Waals surface area contributed by atoms with Crippen LogP contribution in [0.4, 0.5) is 0 Å². The summed E-state index contributed by atoms with van der Waals surface area (Å²) in [5, 5.41) is 14.9. The molecule has 1 saturated carbocycles. The maximum atomic E-state index is 13.5. The highest BCUT2D eigenvalue weighted by molar-refractivity contribution is 9.10. The highest BCUT2D eigenvalue weighted by Crippen LogP contribution is 2.66. The zero-order valence-corrected chi connectivity index (χ0v) is 26.7. The van der Waals surface area contributed by atoms with Crippen LogP contribution >= 0.6 is 27.3 Å². The Balaban J connectivity index is 1.25. The minimum absolute atomic E-state index is 0.0757. The summed E-state index contributed by atoms with van der Waals surface area (Å²) in [6, 6.07) is 16.0. The molecule has 1 aromatic heterocycles. The molecule has 1 spiro atoms. The molecule has 5 atom stereocenters. The van der Waals surface area contributed by atoms with E-state index in [9.17, 15) is 14.7 Å². The molecule has 2 fully saturated rings. The van der Waals surface area contributed by atoms with Crippen LogP contribution in [-0.2, 0) is 27.8 Å². The number of nitrogens with zero attached hydrogens (tertiary/aromatic N) is 2. The average molecular weight is 664 g/mol. The van der Waals surface area contributed by atoms with Crippen LogP contribution in [0.5, 0.6) is 11.5 Å². The van der Waals surface area contributed by atoms with Crippen molar-refractivity contribution in [1.29, 1.82) is 0 Å². The van der Waals surface area contributed by atoms with Gasteiger partial charge in [-0.3, -0.25) is 14.5 Å². The number of hydrogen-bond acceptors (Lipinski definition) is 7. The maximum Gasteiger partial charge on any atom is 0.308 e. The first-order valence-corrected chi connectivity index (χ1v) is 16.6. The molecule has 4 aliphatic rings. The SMILES string of the molecule is CC(=O)Oc1ccc2c3c1O[C@H]1[C@H](N(C)C(=O)/C=C/c4cc(Br)cs4)CC[C@@]4(O)[C@@H](C2)N(CCc2ccccc2)CC[C@]314.